The molecule has 0 saturated carbocycles. The number of hydrazine groups is 1. The Kier molecular flexibility index (Phi) is 5.48. The summed E-state index contributed by atoms with van der Waals surface area (Å²) in [6.07, 6.45) is 12.6. The Morgan fingerprint density at radius 1 is 0.625 bits per heavy atom. The second-order valence-corrected chi connectivity index (χ2v) is 9.05. The number of carbonyl (C=O) groups is 2. The van der Waals surface area contributed by atoms with Gasteiger partial charge in [-0.05, 0) is 71.8 Å². The fourth-order valence-electron chi connectivity index (χ4n) is 4.32. The first kappa shape index (κ1) is 23.2. The van der Waals surface area contributed by atoms with Crippen LogP contribution in [-0.4, -0.2) is 34.2 Å². The summed E-state index contributed by atoms with van der Waals surface area (Å²) in [6, 6.07) is 15.1. The number of rotatable bonds is 0. The van der Waals surface area contributed by atoms with E-state index in [2.05, 4.69) is 31.0 Å². The Bertz CT molecular complexity index is 1730. The Morgan fingerprint density at radius 3 is 1.62 bits per heavy atom. The van der Waals surface area contributed by atoms with Gasteiger partial charge in [-0.25, -0.2) is 0 Å². The molecule has 2 aliphatic heterocycles. The van der Waals surface area contributed by atoms with E-state index in [0.717, 1.165) is 22.3 Å². The van der Waals surface area contributed by atoms with Gasteiger partial charge in [-0.3, -0.25) is 30.4 Å². The zero-order chi connectivity index (χ0) is 27.1. The van der Waals surface area contributed by atoms with Crippen LogP contribution < -0.4 is 10.9 Å². The molecule has 7 rings (SSSR count). The minimum Gasteiger partial charge on any atom is -0.420 e. The van der Waals surface area contributed by atoms with E-state index in [1.54, 1.807) is 36.7 Å². The summed E-state index contributed by atoms with van der Waals surface area (Å²) in [5, 5.41) is 8.47. The average Bonchev–Trinajstić information content (AvgIpc) is 3.67. The summed E-state index contributed by atoms with van der Waals surface area (Å²) in [5.41, 5.74) is 10.4. The second kappa shape index (κ2) is 9.44. The zero-order valence-corrected chi connectivity index (χ0v) is 20.7. The van der Waals surface area contributed by atoms with E-state index in [0.29, 0.717) is 23.2 Å². The maximum atomic E-state index is 12.7. The normalized spacial score (nSPS) is 17.4. The summed E-state index contributed by atoms with van der Waals surface area (Å²) < 4.78 is 11.9. The van der Waals surface area contributed by atoms with Crippen molar-refractivity contribution in [2.24, 2.45) is 9.98 Å². The lowest BCUT2D eigenvalue weighted by atomic mass is 10.0. The average molecular weight is 527 g/mol. The molecule has 10 heteroatoms. The van der Waals surface area contributed by atoms with Crippen LogP contribution >= 0.6 is 0 Å². The van der Waals surface area contributed by atoms with Crippen LogP contribution in [0.2, 0.25) is 0 Å². The fourth-order valence-corrected chi connectivity index (χ4v) is 4.32. The third-order valence-electron chi connectivity index (χ3n) is 6.33. The van der Waals surface area contributed by atoms with Gasteiger partial charge in [0.25, 0.3) is 0 Å². The van der Waals surface area contributed by atoms with Crippen LogP contribution in [0.15, 0.2) is 134 Å². The first-order chi connectivity index (χ1) is 19.6. The van der Waals surface area contributed by atoms with Crippen LogP contribution in [0.5, 0.6) is 0 Å². The van der Waals surface area contributed by atoms with Gasteiger partial charge in [0.1, 0.15) is 0 Å². The molecule has 0 amide bonds. The molecule has 0 radical (unpaired) electrons. The SMILES string of the molecule is O=C1C=CC2=CC1=C1NNC(=C3C=C(C=CC3=O)N=Cc3cccc(c3)-c3nnc(o3)-c3cccc(c3)C=N2)O1. The lowest BCUT2D eigenvalue weighted by Gasteiger charge is -2.09. The van der Waals surface area contributed by atoms with Gasteiger partial charge in [-0.2, -0.15) is 0 Å². The van der Waals surface area contributed by atoms with Gasteiger partial charge in [0.05, 0.1) is 22.5 Å². The number of carbonyl (C=O) groups excluding carboxylic acids is 2. The maximum Gasteiger partial charge on any atom is 0.248 e. The summed E-state index contributed by atoms with van der Waals surface area (Å²) in [5.74, 6) is 0.536. The number of ketones is 2. The van der Waals surface area contributed by atoms with E-state index >= 15 is 0 Å². The number of ether oxygens (including phenoxy) is 1. The van der Waals surface area contributed by atoms with Gasteiger partial charge < -0.3 is 9.15 Å². The quantitative estimate of drug-likeness (QED) is 0.452. The number of nitrogens with one attached hydrogen (secondary N) is 2. The largest absolute Gasteiger partial charge is 0.420 e. The van der Waals surface area contributed by atoms with Gasteiger partial charge in [0.2, 0.25) is 23.5 Å². The van der Waals surface area contributed by atoms with Gasteiger partial charge in [-0.15, -0.1) is 10.2 Å². The number of allylic oxidation sites excluding steroid dienone is 8. The molecule has 1 saturated heterocycles. The molecule has 1 aromatic heterocycles. The van der Waals surface area contributed by atoms with Crippen molar-refractivity contribution < 1.29 is 18.7 Å². The maximum absolute atomic E-state index is 12.7. The number of nitrogens with zero attached hydrogens (tertiary/aromatic N) is 4. The van der Waals surface area contributed by atoms with Crippen molar-refractivity contribution in [1.29, 1.82) is 0 Å². The zero-order valence-electron chi connectivity index (χ0n) is 20.7. The molecule has 3 heterocycles. The molecular formula is C30H18N6O4. The first-order valence-electron chi connectivity index (χ1n) is 12.3. The van der Waals surface area contributed by atoms with Crippen molar-refractivity contribution in [2.45, 2.75) is 0 Å². The van der Waals surface area contributed by atoms with Gasteiger partial charge >= 0.3 is 0 Å². The first-order valence-corrected chi connectivity index (χ1v) is 12.3. The van der Waals surface area contributed by atoms with E-state index < -0.39 is 0 Å². The van der Waals surface area contributed by atoms with Crippen LogP contribution in [-0.2, 0) is 14.3 Å². The van der Waals surface area contributed by atoms with Gasteiger partial charge in [0, 0.05) is 23.6 Å². The van der Waals surface area contributed by atoms with Crippen molar-refractivity contribution in [3.8, 4) is 22.9 Å². The van der Waals surface area contributed by atoms with Crippen molar-refractivity contribution in [3.63, 3.8) is 0 Å². The van der Waals surface area contributed by atoms with Crippen LogP contribution in [0.4, 0.5) is 0 Å². The summed E-state index contributed by atoms with van der Waals surface area (Å²) in [4.78, 5) is 34.4. The van der Waals surface area contributed by atoms with Crippen molar-refractivity contribution in [2.75, 3.05) is 0 Å². The predicted octanol–water partition coefficient (Wildman–Crippen LogP) is 3.85. The van der Waals surface area contributed by atoms with Crippen LogP contribution in [0.1, 0.15) is 11.1 Å². The van der Waals surface area contributed by atoms with Crippen LogP contribution in [0, 0.1) is 0 Å². The van der Waals surface area contributed by atoms with E-state index in [4.69, 9.17) is 9.15 Å². The van der Waals surface area contributed by atoms with Crippen LogP contribution in [0.3, 0.4) is 0 Å². The van der Waals surface area contributed by atoms with E-state index in [1.165, 1.54) is 12.2 Å². The summed E-state index contributed by atoms with van der Waals surface area (Å²) >= 11 is 0. The van der Waals surface area contributed by atoms with Gasteiger partial charge in [-0.1, -0.05) is 24.3 Å². The Labute approximate surface area is 227 Å². The molecule has 0 atom stereocenters. The smallest absolute Gasteiger partial charge is 0.248 e. The Morgan fingerprint density at radius 2 is 1.12 bits per heavy atom. The molecule has 0 spiro atoms. The molecular weight excluding hydrogens is 508 g/mol. The highest BCUT2D eigenvalue weighted by Crippen LogP contribution is 2.27. The molecule has 2 aliphatic carbocycles. The number of hydrogen-bond donors (Lipinski definition) is 2. The number of aromatic nitrogens is 2. The molecule has 10 nitrogen and oxygen atoms in total. The standard InChI is InChI=1S/C30H18N6O4/c37-25-9-7-21-13-23(25)29-35-36-30(40-29)24-14-22(8-10-26(24)38)32-16-18-4-2-6-20(12-18)28-34-33-27(39-28)19-5-1-3-17(11-19)15-31-21/h1-16,35-36H. The summed E-state index contributed by atoms with van der Waals surface area (Å²) in [7, 11) is 0. The van der Waals surface area contributed by atoms with E-state index in [1.807, 2.05) is 48.5 Å². The van der Waals surface area contributed by atoms with E-state index in [-0.39, 0.29) is 34.5 Å². The number of benzene rings is 2. The highest BCUT2D eigenvalue weighted by Gasteiger charge is 2.27. The molecule has 12 bridgehead atoms. The molecule has 4 aliphatic rings. The molecule has 2 aromatic carbocycles. The second-order valence-electron chi connectivity index (χ2n) is 9.05. The van der Waals surface area contributed by atoms with Crippen LogP contribution in [0.25, 0.3) is 22.9 Å². The fraction of sp³-hybridized carbons (Fsp3) is 0. The molecule has 192 valence electrons. The monoisotopic (exact) mass is 526 g/mol. The van der Waals surface area contributed by atoms with Crippen molar-refractivity contribution >= 4 is 24.0 Å². The van der Waals surface area contributed by atoms with Gasteiger partial charge in [0.15, 0.2) is 11.6 Å². The topological polar surface area (TPSA) is 131 Å². The third-order valence-corrected chi connectivity index (χ3v) is 6.33. The van der Waals surface area contributed by atoms with Crippen molar-refractivity contribution in [3.05, 3.63) is 130 Å². The molecule has 3 aromatic rings. The number of hydrogen-bond acceptors (Lipinski definition) is 10. The third kappa shape index (κ3) is 4.39. The summed E-state index contributed by atoms with van der Waals surface area (Å²) in [6.45, 7) is 0. The Hall–Kier alpha value is -5.90. The highest BCUT2D eigenvalue weighted by atomic mass is 16.5. The lowest BCUT2D eigenvalue weighted by Crippen LogP contribution is -2.23. The van der Waals surface area contributed by atoms with E-state index in [9.17, 15) is 9.59 Å². The minimum absolute atomic E-state index is 0.165. The Balaban J connectivity index is 1.36. The number of aliphatic imine (C=N–C) groups is 2. The highest BCUT2D eigenvalue weighted by molar-refractivity contribution is 6.09. The molecule has 2 N–H and O–H groups in total. The predicted molar refractivity (Wildman–Crippen MR) is 146 cm³/mol. The van der Waals surface area contributed by atoms with Crippen molar-refractivity contribution in [1.82, 2.24) is 21.0 Å². The minimum atomic E-state index is -0.268. The molecule has 1 fully saturated rings. The molecule has 40 heavy (non-hydrogen) atoms. The lowest BCUT2D eigenvalue weighted by molar-refractivity contribution is -0.112. The molecule has 0 unspecified atom stereocenters. The number of fused-ring (bicyclic) bond motifs is 12.